The molecule has 0 unspecified atom stereocenters. The monoisotopic (exact) mass is 1320 g/mol. The number of hydrogen-bond acceptors (Lipinski definition) is 0. The third-order valence-electron chi connectivity index (χ3n) is 22.8. The van der Waals surface area contributed by atoms with E-state index < -0.39 is 0 Å². The molecule has 0 N–H and O–H groups in total. The Labute approximate surface area is 598 Å². The van der Waals surface area contributed by atoms with E-state index in [0.29, 0.717) is 0 Å². The van der Waals surface area contributed by atoms with Gasteiger partial charge >= 0.3 is 0 Å². The van der Waals surface area contributed by atoms with Crippen LogP contribution in [0.1, 0.15) is 0 Å². The summed E-state index contributed by atoms with van der Waals surface area (Å²) in [4.78, 5) is 0. The lowest BCUT2D eigenvalue weighted by Gasteiger charge is -2.18. The molecule has 0 radical (unpaired) electrons. The Morgan fingerprint density at radius 3 is 1.03 bits per heavy atom. The van der Waals surface area contributed by atoms with Crippen LogP contribution in [0.15, 0.2) is 364 Å². The minimum atomic E-state index is 1.18. The lowest BCUT2D eigenvalue weighted by molar-refractivity contribution is 1.18. The largest absolute Gasteiger partial charge is 0.309 e. The van der Waals surface area contributed by atoms with Gasteiger partial charge in [0.25, 0.3) is 0 Å². The average molecular weight is 1320 g/mol. The molecule has 104 heavy (non-hydrogen) atoms. The summed E-state index contributed by atoms with van der Waals surface area (Å²) in [6.45, 7) is 0. The first-order chi connectivity index (χ1) is 51.6. The zero-order valence-corrected chi connectivity index (χ0v) is 56.4. The highest BCUT2D eigenvalue weighted by Gasteiger charge is 2.30. The molecule has 0 saturated carbocycles. The summed E-state index contributed by atoms with van der Waals surface area (Å²) in [6.07, 6.45) is 0. The zero-order chi connectivity index (χ0) is 67.8. The summed E-state index contributed by atoms with van der Waals surface area (Å²) in [5.41, 5.74) is 30.0. The van der Waals surface area contributed by atoms with Gasteiger partial charge in [-0.25, -0.2) is 0 Å². The van der Waals surface area contributed by atoms with Gasteiger partial charge in [0, 0.05) is 76.5 Å². The second kappa shape index (κ2) is 21.9. The molecule has 2 aliphatic rings. The third kappa shape index (κ3) is 8.07. The van der Waals surface area contributed by atoms with Crippen LogP contribution in [0.2, 0.25) is 0 Å². The Morgan fingerprint density at radius 1 is 0.154 bits per heavy atom. The van der Waals surface area contributed by atoms with Crippen molar-refractivity contribution in [3.8, 4) is 89.5 Å². The molecule has 480 valence electrons. The van der Waals surface area contributed by atoms with E-state index in [-0.39, 0.29) is 0 Å². The summed E-state index contributed by atoms with van der Waals surface area (Å²) in [5.74, 6) is 0. The van der Waals surface area contributed by atoms with E-state index in [4.69, 9.17) is 0 Å². The molecule has 24 rings (SSSR count). The molecule has 0 spiro atoms. The van der Waals surface area contributed by atoms with Crippen LogP contribution in [0.25, 0.3) is 220 Å². The van der Waals surface area contributed by atoms with Gasteiger partial charge < -0.3 is 18.3 Å². The molecule has 0 bridgehead atoms. The predicted octanol–water partition coefficient (Wildman–Crippen LogP) is 27.0. The molecule has 18 aromatic carbocycles. The van der Waals surface area contributed by atoms with Gasteiger partial charge in [0.2, 0.25) is 0 Å². The minimum Gasteiger partial charge on any atom is -0.309 e. The van der Waals surface area contributed by atoms with E-state index in [1.54, 1.807) is 0 Å². The third-order valence-corrected chi connectivity index (χ3v) is 22.8. The molecular formula is C100H60N4. The van der Waals surface area contributed by atoms with Crippen LogP contribution in [0.5, 0.6) is 0 Å². The van der Waals surface area contributed by atoms with Crippen molar-refractivity contribution in [1.29, 1.82) is 0 Å². The number of benzene rings is 18. The number of aromatic nitrogens is 4. The zero-order valence-electron chi connectivity index (χ0n) is 56.4. The van der Waals surface area contributed by atoms with Crippen molar-refractivity contribution in [1.82, 2.24) is 18.3 Å². The Morgan fingerprint density at radius 2 is 0.510 bits per heavy atom. The maximum Gasteiger partial charge on any atom is 0.0625 e. The van der Waals surface area contributed by atoms with Crippen molar-refractivity contribution in [2.45, 2.75) is 0 Å². The van der Waals surface area contributed by atoms with Gasteiger partial charge in [-0.15, -0.1) is 0 Å². The normalized spacial score (nSPS) is 12.2. The molecule has 4 heteroatoms. The molecule has 22 aromatic rings. The molecule has 0 amide bonds. The van der Waals surface area contributed by atoms with E-state index in [2.05, 4.69) is 382 Å². The van der Waals surface area contributed by atoms with Crippen LogP contribution in [-0.4, -0.2) is 18.3 Å². The smallest absolute Gasteiger partial charge is 0.0625 e. The summed E-state index contributed by atoms with van der Waals surface area (Å²) in [6, 6.07) is 134. The van der Waals surface area contributed by atoms with Crippen molar-refractivity contribution < 1.29 is 0 Å². The highest BCUT2D eigenvalue weighted by atomic mass is 15.0. The number of hydrogen-bond donors (Lipinski definition) is 0. The Hall–Kier alpha value is -13.8. The van der Waals surface area contributed by atoms with Crippen molar-refractivity contribution in [3.05, 3.63) is 364 Å². The molecule has 4 aromatic heterocycles. The summed E-state index contributed by atoms with van der Waals surface area (Å²) < 4.78 is 9.75. The van der Waals surface area contributed by atoms with Crippen LogP contribution < -0.4 is 0 Å². The van der Waals surface area contributed by atoms with Crippen molar-refractivity contribution in [2.75, 3.05) is 0 Å². The molecule has 2 aliphatic carbocycles. The van der Waals surface area contributed by atoms with Crippen LogP contribution in [0.4, 0.5) is 0 Å². The van der Waals surface area contributed by atoms with Crippen molar-refractivity contribution in [2.24, 2.45) is 0 Å². The van der Waals surface area contributed by atoms with Gasteiger partial charge in [0.15, 0.2) is 0 Å². The van der Waals surface area contributed by atoms with E-state index in [9.17, 15) is 0 Å². The first kappa shape index (κ1) is 57.0. The number of para-hydroxylation sites is 6. The van der Waals surface area contributed by atoms with Crippen LogP contribution in [-0.2, 0) is 0 Å². The van der Waals surface area contributed by atoms with E-state index in [1.807, 2.05) is 0 Å². The lowest BCUT2D eigenvalue weighted by atomic mass is 9.94. The molecular weight excluding hydrogens is 1260 g/mol. The Kier molecular flexibility index (Phi) is 12.0. The highest BCUT2D eigenvalue weighted by Crippen LogP contribution is 2.55. The molecule has 0 aliphatic heterocycles. The Balaban J connectivity index is 0.000000127. The second-order valence-electron chi connectivity index (χ2n) is 28.2. The van der Waals surface area contributed by atoms with Crippen LogP contribution >= 0.6 is 0 Å². The Bertz CT molecular complexity index is 7460. The number of rotatable bonds is 6. The van der Waals surface area contributed by atoms with E-state index in [1.165, 1.54) is 220 Å². The summed E-state index contributed by atoms with van der Waals surface area (Å²) in [7, 11) is 0. The molecule has 0 atom stereocenters. The first-order valence-corrected chi connectivity index (χ1v) is 36.1. The average Bonchev–Trinajstić information content (AvgIpc) is 1.54. The maximum atomic E-state index is 2.54. The highest BCUT2D eigenvalue weighted by molar-refractivity contribution is 6.29. The van der Waals surface area contributed by atoms with E-state index in [0.717, 1.165) is 0 Å². The SMILES string of the molecule is c1ccc(-n2c3ccccc3c3cc(-c4ccc5c(c4)c4ccccc4n5-c4c5c6c(cccc6c6ccccc46)-c4ccccc4-5)ccc32)cc1.c1ccc(-n2c3ccccc3c3cc(-c4ccc5c(c4)c4ccccc4n5-c4ccc5c(c4)-c4cc6ccccc6c6cccc-5c46)ccc32)cc1. The summed E-state index contributed by atoms with van der Waals surface area (Å²) in [5, 5.41) is 20.6. The van der Waals surface area contributed by atoms with Crippen molar-refractivity contribution in [3.63, 3.8) is 0 Å². The summed E-state index contributed by atoms with van der Waals surface area (Å²) >= 11 is 0. The lowest BCUT2D eigenvalue weighted by Crippen LogP contribution is -1.99. The minimum absolute atomic E-state index is 1.18. The topological polar surface area (TPSA) is 19.7 Å². The first-order valence-electron chi connectivity index (χ1n) is 36.1. The fraction of sp³-hybridized carbons (Fsp3) is 0. The quantitative estimate of drug-likeness (QED) is 0.148. The van der Waals surface area contributed by atoms with Gasteiger partial charge in [-0.2, -0.15) is 0 Å². The molecule has 4 nitrogen and oxygen atoms in total. The van der Waals surface area contributed by atoms with Crippen molar-refractivity contribution >= 4 is 130 Å². The predicted molar refractivity (Wildman–Crippen MR) is 440 cm³/mol. The molecule has 0 fully saturated rings. The molecule has 0 saturated heterocycles. The van der Waals surface area contributed by atoms with E-state index >= 15 is 0 Å². The molecule has 4 heterocycles. The van der Waals surface area contributed by atoms with Gasteiger partial charge in [0.05, 0.1) is 49.8 Å². The van der Waals surface area contributed by atoms with Gasteiger partial charge in [-0.3, -0.25) is 0 Å². The van der Waals surface area contributed by atoms with Crippen LogP contribution in [0, 0.1) is 0 Å². The fourth-order valence-electron chi connectivity index (χ4n) is 18.4. The fourth-order valence-corrected chi connectivity index (χ4v) is 18.4. The van der Waals surface area contributed by atoms with Gasteiger partial charge in [-0.1, -0.05) is 249 Å². The maximum absolute atomic E-state index is 2.54. The van der Waals surface area contributed by atoms with Gasteiger partial charge in [-0.05, 0) is 209 Å². The number of nitrogens with zero attached hydrogens (tertiary/aromatic N) is 4. The standard InChI is InChI=1S/2C50H30N2/c1-2-13-33(14-3-1)51-44-23-10-8-17-36(44)42-29-31(25-27-46(42)51)32-26-28-47-43(30-32)37-18-9-11-24-45(37)52(47)50-41-20-7-5-16-35(41)39-22-12-21-38-34-15-4-6-19-40(34)49(50)48(38)39;1-2-12-34(13-3-1)51-46-19-8-6-15-38(46)43-27-31(21-25-48(43)51)32-22-26-49-44(28-32)39-16-7-9-20-47(39)52(49)35-23-24-37-41-18-10-17-40-36-14-5-4-11-33(36)29-45(50(40)41)42(37)30-35/h2*1-30H. The second-order valence-corrected chi connectivity index (χ2v) is 28.2. The number of fused-ring (bicyclic) bond motifs is 22. The van der Waals surface area contributed by atoms with Gasteiger partial charge in [0.1, 0.15) is 0 Å². The van der Waals surface area contributed by atoms with Crippen LogP contribution in [0.3, 0.4) is 0 Å².